The molecule has 3 unspecified atom stereocenters. The van der Waals surface area contributed by atoms with Crippen molar-refractivity contribution in [3.05, 3.63) is 60.8 Å². The van der Waals surface area contributed by atoms with E-state index in [1.54, 1.807) is 6.08 Å². The lowest BCUT2D eigenvalue weighted by molar-refractivity contribution is -0.123. The van der Waals surface area contributed by atoms with Crippen molar-refractivity contribution < 1.29 is 28.4 Å². The summed E-state index contributed by atoms with van der Waals surface area (Å²) in [4.78, 5) is 22.7. The molecule has 0 spiro atoms. The van der Waals surface area contributed by atoms with Gasteiger partial charge in [-0.25, -0.2) is 4.57 Å². The van der Waals surface area contributed by atoms with Crippen molar-refractivity contribution in [2.75, 3.05) is 19.8 Å². The molecular formula is C47H87N2O6P. The second kappa shape index (κ2) is 42.8. The molecule has 0 aliphatic carbocycles. The lowest BCUT2D eigenvalue weighted by Crippen LogP contribution is -2.45. The maximum absolute atomic E-state index is 12.8. The monoisotopic (exact) mass is 807 g/mol. The normalized spacial score (nSPS) is 14.6. The van der Waals surface area contributed by atoms with Gasteiger partial charge in [0.15, 0.2) is 0 Å². The zero-order chi connectivity index (χ0) is 41.1. The van der Waals surface area contributed by atoms with E-state index >= 15 is 0 Å². The van der Waals surface area contributed by atoms with Crippen LogP contribution in [-0.2, 0) is 18.4 Å². The first-order valence-electron chi connectivity index (χ1n) is 22.9. The van der Waals surface area contributed by atoms with Crippen LogP contribution in [-0.4, -0.2) is 47.8 Å². The molecule has 56 heavy (non-hydrogen) atoms. The Labute approximate surface area is 344 Å². The average molecular weight is 807 g/mol. The van der Waals surface area contributed by atoms with E-state index in [-0.39, 0.29) is 25.7 Å². The topological polar surface area (TPSA) is 131 Å². The van der Waals surface area contributed by atoms with Gasteiger partial charge in [-0.15, -0.1) is 0 Å². The van der Waals surface area contributed by atoms with Crippen molar-refractivity contribution in [1.29, 1.82) is 0 Å². The molecule has 0 bridgehead atoms. The molecule has 0 saturated carbocycles. The maximum Gasteiger partial charge on any atom is 0.472 e. The fourth-order valence-electron chi connectivity index (χ4n) is 6.42. The minimum atomic E-state index is -4.34. The average Bonchev–Trinajstić information content (AvgIpc) is 3.19. The van der Waals surface area contributed by atoms with E-state index in [9.17, 15) is 19.4 Å². The van der Waals surface area contributed by atoms with Crippen molar-refractivity contribution in [1.82, 2.24) is 5.32 Å². The van der Waals surface area contributed by atoms with Crippen LogP contribution in [0.1, 0.15) is 200 Å². The summed E-state index contributed by atoms with van der Waals surface area (Å²) in [6, 6.07) is -0.867. The number of aliphatic hydroxyl groups excluding tert-OH is 1. The summed E-state index contributed by atoms with van der Waals surface area (Å²) < 4.78 is 22.2. The van der Waals surface area contributed by atoms with E-state index in [0.717, 1.165) is 70.6 Å². The van der Waals surface area contributed by atoms with Gasteiger partial charge in [0.2, 0.25) is 5.91 Å². The second-order valence-electron chi connectivity index (χ2n) is 15.2. The van der Waals surface area contributed by atoms with Gasteiger partial charge in [-0.3, -0.25) is 13.8 Å². The summed E-state index contributed by atoms with van der Waals surface area (Å²) in [5.41, 5.74) is 5.38. The highest BCUT2D eigenvalue weighted by Crippen LogP contribution is 2.43. The van der Waals surface area contributed by atoms with Crippen molar-refractivity contribution >= 4 is 13.7 Å². The molecule has 3 atom stereocenters. The molecule has 0 fully saturated rings. The van der Waals surface area contributed by atoms with Crippen LogP contribution in [0.4, 0.5) is 0 Å². The molecule has 0 rings (SSSR count). The molecule has 0 aliphatic rings. The third kappa shape index (κ3) is 40.4. The van der Waals surface area contributed by atoms with Crippen LogP contribution < -0.4 is 11.1 Å². The van der Waals surface area contributed by atoms with Crippen LogP contribution >= 0.6 is 7.82 Å². The zero-order valence-corrected chi connectivity index (χ0v) is 37.0. The summed E-state index contributed by atoms with van der Waals surface area (Å²) in [5, 5.41) is 13.7. The Balaban J connectivity index is 4.20. The predicted molar refractivity (Wildman–Crippen MR) is 240 cm³/mol. The Hall–Kier alpha value is -1.80. The Morgan fingerprint density at radius 1 is 0.607 bits per heavy atom. The molecule has 5 N–H and O–H groups in total. The molecule has 0 radical (unpaired) electrons. The number of hydrogen-bond donors (Lipinski definition) is 4. The van der Waals surface area contributed by atoms with Crippen LogP contribution in [0, 0.1) is 0 Å². The molecule has 0 aromatic heterocycles. The lowest BCUT2D eigenvalue weighted by atomic mass is 10.0. The minimum Gasteiger partial charge on any atom is -0.387 e. The first-order chi connectivity index (χ1) is 27.4. The fraction of sp³-hybridized carbons (Fsp3) is 0.766. The largest absolute Gasteiger partial charge is 0.472 e. The smallest absolute Gasteiger partial charge is 0.387 e. The molecule has 0 aromatic carbocycles. The number of phosphoric ester groups is 1. The number of allylic oxidation sites excluding steroid dienone is 9. The Morgan fingerprint density at radius 3 is 1.52 bits per heavy atom. The van der Waals surface area contributed by atoms with Gasteiger partial charge < -0.3 is 21.1 Å². The maximum atomic E-state index is 12.8. The Kier molecular flexibility index (Phi) is 41.4. The van der Waals surface area contributed by atoms with E-state index in [4.69, 9.17) is 14.8 Å². The van der Waals surface area contributed by atoms with Crippen molar-refractivity contribution in [2.45, 2.75) is 212 Å². The van der Waals surface area contributed by atoms with Crippen LogP contribution in [0.25, 0.3) is 0 Å². The molecule has 326 valence electrons. The van der Waals surface area contributed by atoms with Gasteiger partial charge in [0, 0.05) is 13.0 Å². The fourth-order valence-corrected chi connectivity index (χ4v) is 7.18. The Bertz CT molecular complexity index is 1060. The van der Waals surface area contributed by atoms with Crippen LogP contribution in [0.15, 0.2) is 60.8 Å². The van der Waals surface area contributed by atoms with Crippen LogP contribution in [0.3, 0.4) is 0 Å². The van der Waals surface area contributed by atoms with E-state index in [1.165, 1.54) is 109 Å². The zero-order valence-electron chi connectivity index (χ0n) is 36.1. The SMILES string of the molecule is CC/C=C\C/C=C\C/C=C\C/C=C\CCCCCCCCCCC(=O)NC(COP(=O)(O)OCCN)C(O)/C=C/CCCCCCCCCCCCCCCC. The van der Waals surface area contributed by atoms with Gasteiger partial charge in [0.05, 0.1) is 25.4 Å². The highest BCUT2D eigenvalue weighted by Gasteiger charge is 2.26. The summed E-state index contributed by atoms with van der Waals surface area (Å²) in [5.74, 6) is -0.204. The van der Waals surface area contributed by atoms with Crippen molar-refractivity contribution in [2.24, 2.45) is 5.73 Å². The molecule has 0 aliphatic heterocycles. The van der Waals surface area contributed by atoms with Gasteiger partial charge in [-0.05, 0) is 57.8 Å². The lowest BCUT2D eigenvalue weighted by Gasteiger charge is -2.23. The number of aliphatic hydroxyl groups is 1. The Morgan fingerprint density at radius 2 is 1.04 bits per heavy atom. The molecule has 0 heterocycles. The summed E-state index contributed by atoms with van der Waals surface area (Å²) >= 11 is 0. The molecule has 8 nitrogen and oxygen atoms in total. The number of nitrogens with two attached hydrogens (primary N) is 1. The third-order valence-electron chi connectivity index (χ3n) is 9.85. The molecule has 9 heteroatoms. The van der Waals surface area contributed by atoms with Gasteiger partial charge in [-0.2, -0.15) is 0 Å². The molecule has 1 amide bonds. The first kappa shape index (κ1) is 54.2. The van der Waals surface area contributed by atoms with E-state index in [1.807, 2.05) is 6.08 Å². The summed E-state index contributed by atoms with van der Waals surface area (Å²) in [6.45, 7) is 4.02. The van der Waals surface area contributed by atoms with Crippen LogP contribution in [0.5, 0.6) is 0 Å². The van der Waals surface area contributed by atoms with Gasteiger partial charge in [0.1, 0.15) is 0 Å². The number of rotatable bonds is 42. The summed E-state index contributed by atoms with van der Waals surface area (Å²) in [7, 11) is -4.34. The number of amides is 1. The van der Waals surface area contributed by atoms with E-state index in [0.29, 0.717) is 6.42 Å². The number of carbonyl (C=O) groups is 1. The predicted octanol–water partition coefficient (Wildman–Crippen LogP) is 13.1. The first-order valence-corrected chi connectivity index (χ1v) is 24.4. The molecular weight excluding hydrogens is 719 g/mol. The third-order valence-corrected chi connectivity index (χ3v) is 10.8. The highest BCUT2D eigenvalue weighted by molar-refractivity contribution is 7.47. The van der Waals surface area contributed by atoms with Gasteiger partial charge >= 0.3 is 7.82 Å². The van der Waals surface area contributed by atoms with E-state index in [2.05, 4.69) is 67.8 Å². The summed E-state index contributed by atoms with van der Waals surface area (Å²) in [6.07, 6.45) is 54.1. The van der Waals surface area contributed by atoms with Gasteiger partial charge in [0.25, 0.3) is 0 Å². The number of hydrogen-bond acceptors (Lipinski definition) is 6. The number of phosphoric acid groups is 1. The molecule has 0 aromatic rings. The van der Waals surface area contributed by atoms with Crippen molar-refractivity contribution in [3.63, 3.8) is 0 Å². The standard InChI is InChI=1S/C47H87N2O6P/c1-3-5-7-9-11-13-15-17-19-21-22-23-24-25-27-29-31-33-35-37-39-41-47(51)49-45(44-55-56(52,53)54-43-42-48)46(50)40-38-36-34-32-30-28-26-20-18-16-14-12-10-8-6-4-2/h5,7,11,13,17,19,22-23,38,40,45-46,50H,3-4,6,8-10,12,14-16,18,20-21,24-37,39,41-44,48H2,1-2H3,(H,49,51)(H,52,53)/b7-5-,13-11-,19-17-,23-22-,40-38+. The van der Waals surface area contributed by atoms with E-state index < -0.39 is 20.0 Å². The second-order valence-corrected chi connectivity index (χ2v) is 16.7. The number of carbonyl (C=O) groups excluding carboxylic acids is 1. The molecule has 0 saturated heterocycles. The number of unbranched alkanes of at least 4 members (excludes halogenated alkanes) is 22. The quantitative estimate of drug-likeness (QED) is 0.0274. The number of nitrogens with one attached hydrogen (secondary N) is 1. The highest BCUT2D eigenvalue weighted by atomic mass is 31.2. The minimum absolute atomic E-state index is 0.0748. The van der Waals surface area contributed by atoms with Crippen LogP contribution in [0.2, 0.25) is 0 Å². The van der Waals surface area contributed by atoms with Gasteiger partial charge in [-0.1, -0.05) is 197 Å². The van der Waals surface area contributed by atoms with Crippen molar-refractivity contribution in [3.8, 4) is 0 Å².